The highest BCUT2D eigenvalue weighted by Crippen LogP contribution is 2.36. The third-order valence-corrected chi connectivity index (χ3v) is 4.37. The number of aromatic hydroxyl groups is 1. The second-order valence-electron chi connectivity index (χ2n) is 5.57. The molecule has 20 heavy (non-hydrogen) atoms. The lowest BCUT2D eigenvalue weighted by Crippen LogP contribution is -2.34. The lowest BCUT2D eigenvalue weighted by atomic mass is 9.81. The SMILES string of the molecule is Cc1cc(Cl)cc([C@H](N)[C@H](O)C2CCCCC2)c1O.Cl. The zero-order chi connectivity index (χ0) is 14.0. The molecule has 0 bridgehead atoms. The zero-order valence-corrected chi connectivity index (χ0v) is 13.3. The fourth-order valence-electron chi connectivity index (χ4n) is 2.97. The number of aryl methyl sites for hydroxylation is 1. The minimum absolute atomic E-state index is 0. The van der Waals surface area contributed by atoms with Crippen LogP contribution in [0.25, 0.3) is 0 Å². The highest BCUT2D eigenvalue weighted by atomic mass is 35.5. The van der Waals surface area contributed by atoms with E-state index in [1.807, 2.05) is 0 Å². The molecule has 114 valence electrons. The molecule has 4 N–H and O–H groups in total. The molecule has 0 aromatic heterocycles. The Labute approximate surface area is 131 Å². The van der Waals surface area contributed by atoms with Gasteiger partial charge in [-0.3, -0.25) is 0 Å². The van der Waals surface area contributed by atoms with Crippen molar-refractivity contribution in [3.05, 3.63) is 28.3 Å². The average molecular weight is 320 g/mol. The van der Waals surface area contributed by atoms with Crippen LogP contribution in [0.15, 0.2) is 12.1 Å². The molecule has 0 unspecified atom stereocenters. The molecule has 1 aliphatic rings. The average Bonchev–Trinajstić information content (AvgIpc) is 2.42. The molecule has 5 heteroatoms. The van der Waals surface area contributed by atoms with Gasteiger partial charge in [-0.1, -0.05) is 30.9 Å². The van der Waals surface area contributed by atoms with Gasteiger partial charge in [0.1, 0.15) is 5.75 Å². The van der Waals surface area contributed by atoms with Crippen LogP contribution in [0, 0.1) is 12.8 Å². The highest BCUT2D eigenvalue weighted by Gasteiger charge is 2.29. The lowest BCUT2D eigenvalue weighted by Gasteiger charge is -2.31. The van der Waals surface area contributed by atoms with E-state index in [4.69, 9.17) is 17.3 Å². The topological polar surface area (TPSA) is 66.5 Å². The molecule has 0 aliphatic heterocycles. The molecule has 1 fully saturated rings. The molecular formula is C15H23Cl2NO2. The summed E-state index contributed by atoms with van der Waals surface area (Å²) < 4.78 is 0. The predicted octanol–water partition coefficient (Wildman–Crippen LogP) is 3.72. The molecule has 0 radical (unpaired) electrons. The number of rotatable bonds is 3. The Morgan fingerprint density at radius 3 is 2.45 bits per heavy atom. The molecule has 0 amide bonds. The minimum atomic E-state index is -0.621. The van der Waals surface area contributed by atoms with Crippen molar-refractivity contribution in [2.45, 2.75) is 51.2 Å². The van der Waals surface area contributed by atoms with E-state index >= 15 is 0 Å². The van der Waals surface area contributed by atoms with Gasteiger partial charge >= 0.3 is 0 Å². The normalized spacial score (nSPS) is 19.2. The molecule has 1 aliphatic carbocycles. The number of phenols is 1. The van der Waals surface area contributed by atoms with E-state index in [2.05, 4.69) is 0 Å². The molecule has 1 saturated carbocycles. The van der Waals surface area contributed by atoms with E-state index in [9.17, 15) is 10.2 Å². The van der Waals surface area contributed by atoms with Gasteiger partial charge in [0.05, 0.1) is 12.1 Å². The highest BCUT2D eigenvalue weighted by molar-refractivity contribution is 6.30. The van der Waals surface area contributed by atoms with Crippen molar-refractivity contribution < 1.29 is 10.2 Å². The molecule has 2 atom stereocenters. The van der Waals surface area contributed by atoms with E-state index in [1.165, 1.54) is 6.42 Å². The summed E-state index contributed by atoms with van der Waals surface area (Å²) in [6.45, 7) is 1.78. The van der Waals surface area contributed by atoms with Gasteiger partial charge in [-0.2, -0.15) is 0 Å². The van der Waals surface area contributed by atoms with Gasteiger partial charge < -0.3 is 15.9 Å². The number of halogens is 2. The molecule has 3 nitrogen and oxygen atoms in total. The van der Waals surface area contributed by atoms with Crippen LogP contribution in [0.5, 0.6) is 5.75 Å². The molecule has 1 aromatic rings. The van der Waals surface area contributed by atoms with Crippen LogP contribution in [0.2, 0.25) is 5.02 Å². The van der Waals surface area contributed by atoms with Crippen LogP contribution in [-0.4, -0.2) is 16.3 Å². The van der Waals surface area contributed by atoms with Crippen molar-refractivity contribution in [2.24, 2.45) is 11.7 Å². The first-order valence-corrected chi connectivity index (χ1v) is 7.31. The van der Waals surface area contributed by atoms with Crippen molar-refractivity contribution >= 4 is 24.0 Å². The second-order valence-corrected chi connectivity index (χ2v) is 6.01. The third kappa shape index (κ3) is 3.79. The molecule has 0 heterocycles. The minimum Gasteiger partial charge on any atom is -0.507 e. The van der Waals surface area contributed by atoms with Crippen molar-refractivity contribution in [1.82, 2.24) is 0 Å². The van der Waals surface area contributed by atoms with Crippen LogP contribution >= 0.6 is 24.0 Å². The summed E-state index contributed by atoms with van der Waals surface area (Å²) in [5.74, 6) is 0.370. The van der Waals surface area contributed by atoms with Gasteiger partial charge in [0.15, 0.2) is 0 Å². The number of hydrogen-bond donors (Lipinski definition) is 3. The number of aliphatic hydroxyl groups is 1. The van der Waals surface area contributed by atoms with Crippen LogP contribution in [0.4, 0.5) is 0 Å². The van der Waals surface area contributed by atoms with Gasteiger partial charge in [-0.05, 0) is 43.4 Å². The van der Waals surface area contributed by atoms with Gasteiger partial charge in [0.25, 0.3) is 0 Å². The summed E-state index contributed by atoms with van der Waals surface area (Å²) >= 11 is 6.01. The van der Waals surface area contributed by atoms with Crippen molar-refractivity contribution in [3.63, 3.8) is 0 Å². The summed E-state index contributed by atoms with van der Waals surface area (Å²) in [6, 6.07) is 2.77. The number of phenolic OH excluding ortho intramolecular Hbond substituents is 1. The van der Waals surface area contributed by atoms with Gasteiger partial charge in [-0.25, -0.2) is 0 Å². The fourth-order valence-corrected chi connectivity index (χ4v) is 3.25. The third-order valence-electron chi connectivity index (χ3n) is 4.15. The standard InChI is InChI=1S/C15H22ClNO2.ClH/c1-9-7-11(16)8-12(14(9)18)13(17)15(19)10-5-3-2-4-6-10;/h7-8,10,13,15,18-19H,2-6,17H2,1H3;1H/t13-,15+;/m0./s1. The Hall–Kier alpha value is -0.480. The largest absolute Gasteiger partial charge is 0.507 e. The van der Waals surface area contributed by atoms with Crippen LogP contribution in [0.3, 0.4) is 0 Å². The first kappa shape index (κ1) is 17.6. The Balaban J connectivity index is 0.00000200. The first-order chi connectivity index (χ1) is 9.00. The number of hydrogen-bond acceptors (Lipinski definition) is 3. The maximum atomic E-state index is 10.4. The predicted molar refractivity (Wildman–Crippen MR) is 84.6 cm³/mol. The van der Waals surface area contributed by atoms with E-state index in [0.29, 0.717) is 16.1 Å². The monoisotopic (exact) mass is 319 g/mol. The van der Waals surface area contributed by atoms with E-state index < -0.39 is 12.1 Å². The second kappa shape index (κ2) is 7.51. The molecule has 0 spiro atoms. The molecule has 2 rings (SSSR count). The van der Waals surface area contributed by atoms with Gasteiger partial charge in [0.2, 0.25) is 0 Å². The van der Waals surface area contributed by atoms with Crippen molar-refractivity contribution in [2.75, 3.05) is 0 Å². The quantitative estimate of drug-likeness (QED) is 0.795. The smallest absolute Gasteiger partial charge is 0.123 e. The van der Waals surface area contributed by atoms with Gasteiger partial charge in [-0.15, -0.1) is 12.4 Å². The van der Waals surface area contributed by atoms with E-state index in [1.54, 1.807) is 19.1 Å². The fraction of sp³-hybridized carbons (Fsp3) is 0.600. The van der Waals surface area contributed by atoms with Crippen LogP contribution < -0.4 is 5.73 Å². The van der Waals surface area contributed by atoms with E-state index in [-0.39, 0.29) is 24.1 Å². The zero-order valence-electron chi connectivity index (χ0n) is 11.7. The number of nitrogens with two attached hydrogens (primary N) is 1. The van der Waals surface area contributed by atoms with Crippen LogP contribution in [0.1, 0.15) is 49.3 Å². The maximum Gasteiger partial charge on any atom is 0.123 e. The molecular weight excluding hydrogens is 297 g/mol. The molecule has 0 saturated heterocycles. The summed E-state index contributed by atoms with van der Waals surface area (Å²) in [4.78, 5) is 0. The summed E-state index contributed by atoms with van der Waals surface area (Å²) in [7, 11) is 0. The van der Waals surface area contributed by atoms with Gasteiger partial charge in [0, 0.05) is 10.6 Å². The first-order valence-electron chi connectivity index (χ1n) is 6.93. The summed E-state index contributed by atoms with van der Waals surface area (Å²) in [6.07, 6.45) is 4.93. The Morgan fingerprint density at radius 2 is 1.85 bits per heavy atom. The Morgan fingerprint density at radius 1 is 1.25 bits per heavy atom. The molecule has 1 aromatic carbocycles. The van der Waals surface area contributed by atoms with Crippen LogP contribution in [-0.2, 0) is 0 Å². The summed E-state index contributed by atoms with van der Waals surface area (Å²) in [5.41, 5.74) is 7.37. The number of aliphatic hydroxyl groups excluding tert-OH is 1. The Bertz CT molecular complexity index is 448. The Kier molecular flexibility index (Phi) is 6.59. The van der Waals surface area contributed by atoms with Crippen molar-refractivity contribution in [3.8, 4) is 5.75 Å². The number of benzene rings is 1. The lowest BCUT2D eigenvalue weighted by molar-refractivity contribution is 0.0611. The van der Waals surface area contributed by atoms with E-state index in [0.717, 1.165) is 25.7 Å². The van der Waals surface area contributed by atoms with Crippen molar-refractivity contribution in [1.29, 1.82) is 0 Å². The maximum absolute atomic E-state index is 10.4. The summed E-state index contributed by atoms with van der Waals surface area (Å²) in [5, 5.41) is 21.1.